The Bertz CT molecular complexity index is 742. The highest BCUT2D eigenvalue weighted by atomic mass is 19.3. The molecule has 0 saturated carbocycles. The predicted molar refractivity (Wildman–Crippen MR) is 81.9 cm³/mol. The third-order valence-electron chi connectivity index (χ3n) is 4.19. The van der Waals surface area contributed by atoms with Crippen LogP contribution in [0.25, 0.3) is 0 Å². The molecule has 1 unspecified atom stereocenters. The highest BCUT2D eigenvalue weighted by molar-refractivity contribution is 5.84. The number of likely N-dealkylation sites (tertiary alicyclic amines) is 1. The summed E-state index contributed by atoms with van der Waals surface area (Å²) in [6.45, 7) is 2.93. The van der Waals surface area contributed by atoms with Gasteiger partial charge in [0.25, 0.3) is 5.92 Å². The smallest absolute Gasteiger partial charge is 0.358 e. The molecule has 6 nitrogen and oxygen atoms in total. The van der Waals surface area contributed by atoms with Crippen LogP contribution in [0.15, 0.2) is 30.5 Å². The second-order valence-corrected chi connectivity index (χ2v) is 6.16. The third-order valence-corrected chi connectivity index (χ3v) is 4.19. The van der Waals surface area contributed by atoms with Crippen molar-refractivity contribution in [3.63, 3.8) is 0 Å². The number of aromatic nitrogens is 3. The van der Waals surface area contributed by atoms with Gasteiger partial charge in [0.2, 0.25) is 0 Å². The first-order valence-corrected chi connectivity index (χ1v) is 7.67. The minimum Gasteiger partial charge on any atom is -0.476 e. The lowest BCUT2D eigenvalue weighted by molar-refractivity contribution is 0.0173. The number of carboxylic acids is 1. The van der Waals surface area contributed by atoms with E-state index in [-0.39, 0.29) is 17.3 Å². The van der Waals surface area contributed by atoms with Gasteiger partial charge < -0.3 is 5.11 Å². The van der Waals surface area contributed by atoms with Gasteiger partial charge in [-0.2, -0.15) is 0 Å². The van der Waals surface area contributed by atoms with E-state index >= 15 is 0 Å². The molecule has 1 saturated heterocycles. The van der Waals surface area contributed by atoms with Crippen molar-refractivity contribution in [3.05, 3.63) is 47.3 Å². The van der Waals surface area contributed by atoms with Crippen molar-refractivity contribution in [2.24, 2.45) is 0 Å². The second-order valence-electron chi connectivity index (χ2n) is 6.16. The van der Waals surface area contributed by atoms with Crippen molar-refractivity contribution in [2.45, 2.75) is 31.9 Å². The van der Waals surface area contributed by atoms with E-state index in [2.05, 4.69) is 15.2 Å². The molecule has 1 aliphatic heterocycles. The zero-order valence-corrected chi connectivity index (χ0v) is 13.2. The third kappa shape index (κ3) is 3.59. The Hall–Kier alpha value is -2.35. The molecule has 1 atom stereocenters. The lowest BCUT2D eigenvalue weighted by Crippen LogP contribution is -2.21. The molecular weight excluding hydrogens is 318 g/mol. The summed E-state index contributed by atoms with van der Waals surface area (Å²) >= 11 is 0. The number of halogens is 2. The lowest BCUT2D eigenvalue weighted by Gasteiger charge is -2.18. The highest BCUT2D eigenvalue weighted by Crippen LogP contribution is 2.28. The average molecular weight is 336 g/mol. The lowest BCUT2D eigenvalue weighted by atomic mass is 10.1. The zero-order valence-electron chi connectivity index (χ0n) is 13.2. The molecule has 1 aromatic heterocycles. The van der Waals surface area contributed by atoms with Crippen LogP contribution in [0.2, 0.25) is 0 Å². The number of hydrogen-bond donors (Lipinski definition) is 1. The van der Waals surface area contributed by atoms with Crippen LogP contribution in [0.1, 0.15) is 41.0 Å². The molecule has 0 amide bonds. The fourth-order valence-electron chi connectivity index (χ4n) is 2.93. The molecule has 1 N–H and O–H groups in total. The van der Waals surface area contributed by atoms with Gasteiger partial charge in [0.15, 0.2) is 5.69 Å². The Kier molecular flexibility index (Phi) is 4.31. The standard InChI is InChI=1S/C16H18F2N4O2/c1-16(17,18)12-4-2-3-11(7-12)8-21-6-5-13(9-21)22-10-14(15(23)24)19-20-22/h2-4,7,10,13H,5-6,8-9H2,1H3,(H,23,24). The molecule has 0 bridgehead atoms. The molecule has 3 rings (SSSR count). The summed E-state index contributed by atoms with van der Waals surface area (Å²) in [4.78, 5) is 13.0. The molecule has 1 fully saturated rings. The average Bonchev–Trinajstić information content (AvgIpc) is 3.15. The number of benzene rings is 1. The maximum absolute atomic E-state index is 13.4. The van der Waals surface area contributed by atoms with E-state index in [0.717, 1.165) is 25.5 Å². The number of hydrogen-bond acceptors (Lipinski definition) is 4. The number of alkyl halides is 2. The van der Waals surface area contributed by atoms with Crippen LogP contribution in [0, 0.1) is 0 Å². The zero-order chi connectivity index (χ0) is 17.3. The molecule has 2 heterocycles. The number of carbonyl (C=O) groups is 1. The van der Waals surface area contributed by atoms with E-state index in [1.165, 1.54) is 18.3 Å². The van der Waals surface area contributed by atoms with Gasteiger partial charge in [0.05, 0.1) is 12.2 Å². The van der Waals surface area contributed by atoms with Gasteiger partial charge in [-0.05, 0) is 18.1 Å². The number of nitrogens with zero attached hydrogens (tertiary/aromatic N) is 4. The van der Waals surface area contributed by atoms with Crippen LogP contribution in [-0.4, -0.2) is 44.1 Å². The van der Waals surface area contributed by atoms with Crippen LogP contribution < -0.4 is 0 Å². The largest absolute Gasteiger partial charge is 0.476 e. The van der Waals surface area contributed by atoms with Gasteiger partial charge in [0.1, 0.15) is 0 Å². The summed E-state index contributed by atoms with van der Waals surface area (Å²) in [5.74, 6) is -3.95. The molecule has 0 radical (unpaired) electrons. The van der Waals surface area contributed by atoms with Crippen LogP contribution in [0.5, 0.6) is 0 Å². The maximum atomic E-state index is 13.4. The number of aromatic carboxylic acids is 1. The fraction of sp³-hybridized carbons (Fsp3) is 0.438. The molecule has 0 spiro atoms. The molecule has 0 aliphatic carbocycles. The van der Waals surface area contributed by atoms with Crippen molar-refractivity contribution >= 4 is 5.97 Å². The van der Waals surface area contributed by atoms with Gasteiger partial charge in [-0.15, -0.1) is 5.10 Å². The molecule has 1 aliphatic rings. The Labute approximate surface area is 137 Å². The van der Waals surface area contributed by atoms with E-state index in [1.54, 1.807) is 10.7 Å². The first kappa shape index (κ1) is 16.5. The van der Waals surface area contributed by atoms with E-state index < -0.39 is 11.9 Å². The quantitative estimate of drug-likeness (QED) is 0.908. The molecule has 8 heteroatoms. The molecular formula is C16H18F2N4O2. The van der Waals surface area contributed by atoms with Crippen molar-refractivity contribution in [2.75, 3.05) is 13.1 Å². The van der Waals surface area contributed by atoms with Gasteiger partial charge in [0, 0.05) is 32.1 Å². The molecule has 24 heavy (non-hydrogen) atoms. The van der Waals surface area contributed by atoms with Crippen LogP contribution in [-0.2, 0) is 12.5 Å². The first-order chi connectivity index (χ1) is 11.3. The van der Waals surface area contributed by atoms with E-state index in [9.17, 15) is 13.6 Å². The van der Waals surface area contributed by atoms with E-state index in [0.29, 0.717) is 13.1 Å². The Morgan fingerprint density at radius 1 is 1.46 bits per heavy atom. The first-order valence-electron chi connectivity index (χ1n) is 7.67. The van der Waals surface area contributed by atoms with Crippen molar-refractivity contribution in [1.82, 2.24) is 19.9 Å². The number of rotatable bonds is 5. The normalized spacial score (nSPS) is 18.9. The monoisotopic (exact) mass is 336 g/mol. The van der Waals surface area contributed by atoms with Crippen molar-refractivity contribution < 1.29 is 18.7 Å². The van der Waals surface area contributed by atoms with Gasteiger partial charge in [-0.25, -0.2) is 18.3 Å². The van der Waals surface area contributed by atoms with Crippen molar-refractivity contribution in [1.29, 1.82) is 0 Å². The second kappa shape index (κ2) is 6.27. The van der Waals surface area contributed by atoms with Crippen LogP contribution >= 0.6 is 0 Å². The predicted octanol–water partition coefficient (Wildman–Crippen LogP) is 2.54. The Balaban J connectivity index is 1.65. The molecule has 128 valence electrons. The minimum atomic E-state index is -2.85. The summed E-state index contributed by atoms with van der Waals surface area (Å²) in [6.07, 6.45) is 2.24. The SMILES string of the molecule is CC(F)(F)c1cccc(CN2CCC(n3cc(C(=O)O)nn3)C2)c1. The van der Waals surface area contributed by atoms with Crippen molar-refractivity contribution in [3.8, 4) is 0 Å². The van der Waals surface area contributed by atoms with Gasteiger partial charge in [-0.3, -0.25) is 4.90 Å². The Morgan fingerprint density at radius 3 is 2.92 bits per heavy atom. The maximum Gasteiger partial charge on any atom is 0.358 e. The fourth-order valence-corrected chi connectivity index (χ4v) is 2.93. The summed E-state index contributed by atoms with van der Waals surface area (Å²) in [7, 11) is 0. The summed E-state index contributed by atoms with van der Waals surface area (Å²) in [5.41, 5.74) is 0.768. The van der Waals surface area contributed by atoms with Gasteiger partial charge in [-0.1, -0.05) is 23.4 Å². The van der Waals surface area contributed by atoms with Crippen LogP contribution in [0.3, 0.4) is 0 Å². The molecule has 1 aromatic carbocycles. The highest BCUT2D eigenvalue weighted by Gasteiger charge is 2.27. The minimum absolute atomic E-state index is 0.0122. The topological polar surface area (TPSA) is 71.2 Å². The molecule has 2 aromatic rings. The summed E-state index contributed by atoms with van der Waals surface area (Å²) < 4.78 is 28.4. The van der Waals surface area contributed by atoms with Crippen LogP contribution in [0.4, 0.5) is 8.78 Å². The Morgan fingerprint density at radius 2 is 2.25 bits per heavy atom. The summed E-state index contributed by atoms with van der Waals surface area (Å²) in [5, 5.41) is 16.4. The van der Waals surface area contributed by atoms with Gasteiger partial charge >= 0.3 is 5.97 Å². The summed E-state index contributed by atoms with van der Waals surface area (Å²) in [6, 6.07) is 6.48. The van der Waals surface area contributed by atoms with E-state index in [1.807, 2.05) is 6.07 Å². The number of carboxylic acid groups (broad SMARTS) is 1. The van der Waals surface area contributed by atoms with E-state index in [4.69, 9.17) is 5.11 Å².